The first kappa shape index (κ1) is 26.0. The molecule has 4 N–H and O–H groups in total. The fourth-order valence-corrected chi connectivity index (χ4v) is 2.72. The lowest BCUT2D eigenvalue weighted by Gasteiger charge is -2.27. The van der Waals surface area contributed by atoms with Gasteiger partial charge in [0, 0.05) is 12.6 Å². The van der Waals surface area contributed by atoms with Crippen molar-refractivity contribution in [2.45, 2.75) is 77.7 Å². The van der Waals surface area contributed by atoms with E-state index in [4.69, 9.17) is 15.2 Å². The van der Waals surface area contributed by atoms with Gasteiger partial charge in [-0.3, -0.25) is 15.1 Å². The second-order valence-corrected chi connectivity index (χ2v) is 8.95. The number of aliphatic imine (C=N–C) groups is 1. The molecule has 4 amide bonds. The Morgan fingerprint density at radius 2 is 1.68 bits per heavy atom. The van der Waals surface area contributed by atoms with Crippen LogP contribution in [0.5, 0.6) is 0 Å². The Labute approximate surface area is 181 Å². The van der Waals surface area contributed by atoms with Crippen molar-refractivity contribution in [2.75, 3.05) is 13.7 Å². The number of nitrogens with one attached hydrogen (secondary N) is 2. The summed E-state index contributed by atoms with van der Waals surface area (Å²) in [5.41, 5.74) is 4.03. The Morgan fingerprint density at radius 3 is 2.19 bits per heavy atom. The van der Waals surface area contributed by atoms with Crippen molar-refractivity contribution in [1.29, 1.82) is 0 Å². The van der Waals surface area contributed by atoms with Gasteiger partial charge in [-0.2, -0.15) is 0 Å². The highest BCUT2D eigenvalue weighted by molar-refractivity contribution is 5.99. The van der Waals surface area contributed by atoms with Crippen LogP contribution in [0.3, 0.4) is 0 Å². The highest BCUT2D eigenvalue weighted by Gasteiger charge is 2.45. The smallest absolute Gasteiger partial charge is 0.417 e. The molecule has 1 heterocycles. The lowest BCUT2D eigenvalue weighted by molar-refractivity contribution is -0.129. The van der Waals surface area contributed by atoms with Crippen LogP contribution in [0.15, 0.2) is 4.99 Å². The second-order valence-electron chi connectivity index (χ2n) is 8.95. The molecule has 31 heavy (non-hydrogen) atoms. The zero-order valence-corrected chi connectivity index (χ0v) is 19.1. The third kappa shape index (κ3) is 9.09. The van der Waals surface area contributed by atoms with Gasteiger partial charge in [0.2, 0.25) is 0 Å². The SMILES string of the molecule is COC(=O)NC(N)=NCCC1C[C@H](NC(=O)OC(C)(C)C)C(=O)N1C(=O)OC(C)(C)C. The normalized spacial score (nSPS) is 19.6. The first-order valence-electron chi connectivity index (χ1n) is 9.83. The summed E-state index contributed by atoms with van der Waals surface area (Å²) in [5.74, 6) is -0.766. The quantitative estimate of drug-likeness (QED) is 0.334. The molecule has 1 unspecified atom stereocenters. The van der Waals surface area contributed by atoms with Crippen LogP contribution in [-0.4, -0.2) is 72.0 Å². The van der Waals surface area contributed by atoms with E-state index in [9.17, 15) is 19.2 Å². The van der Waals surface area contributed by atoms with E-state index >= 15 is 0 Å². The predicted molar refractivity (Wildman–Crippen MR) is 111 cm³/mol. The van der Waals surface area contributed by atoms with Crippen molar-refractivity contribution in [3.05, 3.63) is 0 Å². The summed E-state index contributed by atoms with van der Waals surface area (Å²) in [4.78, 5) is 53.7. The number of ether oxygens (including phenoxy) is 3. The van der Waals surface area contributed by atoms with Crippen molar-refractivity contribution in [3.8, 4) is 0 Å². The number of likely N-dealkylation sites (tertiary alicyclic amines) is 1. The van der Waals surface area contributed by atoms with Crippen molar-refractivity contribution in [2.24, 2.45) is 10.7 Å². The number of imide groups is 1. The van der Waals surface area contributed by atoms with Gasteiger partial charge in [0.25, 0.3) is 5.91 Å². The summed E-state index contributed by atoms with van der Waals surface area (Å²) in [7, 11) is 1.18. The van der Waals surface area contributed by atoms with E-state index in [1.807, 2.05) is 0 Å². The number of rotatable bonds is 4. The zero-order chi connectivity index (χ0) is 24.0. The van der Waals surface area contributed by atoms with Gasteiger partial charge in [-0.05, 0) is 54.4 Å². The van der Waals surface area contributed by atoms with Crippen LogP contribution in [0.1, 0.15) is 54.4 Å². The standard InChI is InChI=1S/C19H33N5O7/c1-18(2,3)30-16(27)22-12-10-11(8-9-21-14(20)23-15(26)29-7)24(13(12)25)17(28)31-19(4,5)6/h11-12H,8-10H2,1-7H3,(H,22,27)(H3,20,21,23,26)/t11?,12-/m0/s1. The summed E-state index contributed by atoms with van der Waals surface area (Å²) < 4.78 is 14.9. The molecule has 2 atom stereocenters. The molecule has 176 valence electrons. The predicted octanol–water partition coefficient (Wildman–Crippen LogP) is 1.48. The zero-order valence-electron chi connectivity index (χ0n) is 19.1. The Balaban J connectivity index is 2.91. The number of hydrogen-bond donors (Lipinski definition) is 3. The molecule has 0 spiro atoms. The van der Waals surface area contributed by atoms with Gasteiger partial charge in [-0.15, -0.1) is 0 Å². The molecule has 1 fully saturated rings. The largest absolute Gasteiger partial charge is 0.453 e. The number of carbonyl (C=O) groups excluding carboxylic acids is 4. The molecule has 0 aromatic heterocycles. The minimum atomic E-state index is -0.957. The molecule has 0 aromatic carbocycles. The van der Waals surface area contributed by atoms with Crippen LogP contribution in [0.2, 0.25) is 0 Å². The van der Waals surface area contributed by atoms with E-state index in [1.54, 1.807) is 41.5 Å². The first-order chi connectivity index (χ1) is 14.1. The fraction of sp³-hybridized carbons (Fsp3) is 0.737. The summed E-state index contributed by atoms with van der Waals surface area (Å²) in [6.45, 7) is 10.2. The molecule has 0 aliphatic carbocycles. The Bertz CT molecular complexity index is 724. The molecule has 1 rings (SSSR count). The maximum Gasteiger partial charge on any atom is 0.417 e. The number of carbonyl (C=O) groups is 4. The fourth-order valence-electron chi connectivity index (χ4n) is 2.72. The van der Waals surface area contributed by atoms with Crippen LogP contribution >= 0.6 is 0 Å². The van der Waals surface area contributed by atoms with E-state index in [0.717, 1.165) is 4.90 Å². The lowest BCUT2D eigenvalue weighted by Crippen LogP contribution is -2.47. The van der Waals surface area contributed by atoms with E-state index in [2.05, 4.69) is 20.4 Å². The number of guanidine groups is 1. The first-order valence-corrected chi connectivity index (χ1v) is 9.83. The van der Waals surface area contributed by atoms with Gasteiger partial charge in [0.1, 0.15) is 17.2 Å². The van der Waals surface area contributed by atoms with E-state index < -0.39 is 47.5 Å². The van der Waals surface area contributed by atoms with Crippen LogP contribution in [0.4, 0.5) is 14.4 Å². The van der Waals surface area contributed by atoms with Gasteiger partial charge in [-0.1, -0.05) is 0 Å². The van der Waals surface area contributed by atoms with Crippen LogP contribution in [0, 0.1) is 0 Å². The highest BCUT2D eigenvalue weighted by atomic mass is 16.6. The molecule has 0 bridgehead atoms. The summed E-state index contributed by atoms with van der Waals surface area (Å²) in [6, 6.07) is -1.56. The van der Waals surface area contributed by atoms with Crippen molar-refractivity contribution in [3.63, 3.8) is 0 Å². The third-order valence-corrected chi connectivity index (χ3v) is 3.85. The molecule has 0 saturated carbocycles. The minimum absolute atomic E-state index is 0.103. The summed E-state index contributed by atoms with van der Waals surface area (Å²) in [6.07, 6.45) is -1.96. The van der Waals surface area contributed by atoms with Gasteiger partial charge >= 0.3 is 18.3 Å². The van der Waals surface area contributed by atoms with Gasteiger partial charge in [0.05, 0.1) is 7.11 Å². The monoisotopic (exact) mass is 443 g/mol. The molecule has 12 nitrogen and oxygen atoms in total. The molecular formula is C19H33N5O7. The average Bonchev–Trinajstić information content (AvgIpc) is 2.87. The van der Waals surface area contributed by atoms with Crippen molar-refractivity contribution >= 4 is 30.1 Å². The Morgan fingerprint density at radius 1 is 1.10 bits per heavy atom. The topological polar surface area (TPSA) is 162 Å². The Hall–Kier alpha value is -3.05. The van der Waals surface area contributed by atoms with E-state index in [1.165, 1.54) is 7.11 Å². The molecule has 0 aromatic rings. The second kappa shape index (κ2) is 10.3. The van der Waals surface area contributed by atoms with E-state index in [0.29, 0.717) is 0 Å². The summed E-state index contributed by atoms with van der Waals surface area (Å²) in [5, 5.41) is 4.71. The van der Waals surface area contributed by atoms with Crippen molar-refractivity contribution < 1.29 is 33.4 Å². The maximum atomic E-state index is 12.8. The van der Waals surface area contributed by atoms with E-state index in [-0.39, 0.29) is 25.3 Å². The van der Waals surface area contributed by atoms with Crippen LogP contribution in [-0.2, 0) is 19.0 Å². The number of methoxy groups -OCH3 is 1. The molecular weight excluding hydrogens is 410 g/mol. The third-order valence-electron chi connectivity index (χ3n) is 3.85. The highest BCUT2D eigenvalue weighted by Crippen LogP contribution is 2.25. The number of alkyl carbamates (subject to hydrolysis) is 2. The maximum absolute atomic E-state index is 12.8. The van der Waals surface area contributed by atoms with Crippen molar-refractivity contribution in [1.82, 2.24) is 15.5 Å². The molecule has 1 aliphatic rings. The number of nitrogens with two attached hydrogens (primary N) is 1. The number of amides is 4. The van der Waals surface area contributed by atoms with Crippen LogP contribution < -0.4 is 16.4 Å². The van der Waals surface area contributed by atoms with Gasteiger partial charge in [0.15, 0.2) is 5.96 Å². The molecule has 1 saturated heterocycles. The number of hydrogen-bond acceptors (Lipinski definition) is 8. The Kier molecular flexibility index (Phi) is 8.64. The van der Waals surface area contributed by atoms with Crippen LogP contribution in [0.25, 0.3) is 0 Å². The summed E-state index contributed by atoms with van der Waals surface area (Å²) >= 11 is 0. The molecule has 1 aliphatic heterocycles. The molecule has 12 heteroatoms. The number of nitrogens with zero attached hydrogens (tertiary/aromatic N) is 2. The molecule has 0 radical (unpaired) electrons. The average molecular weight is 444 g/mol. The lowest BCUT2D eigenvalue weighted by atomic mass is 10.1. The minimum Gasteiger partial charge on any atom is -0.453 e. The van der Waals surface area contributed by atoms with Gasteiger partial charge in [-0.25, -0.2) is 19.3 Å². The van der Waals surface area contributed by atoms with Gasteiger partial charge < -0.3 is 25.3 Å².